The smallest absolute Gasteiger partial charge is 0.399 e. The molecule has 3 aliphatic heterocycles. The van der Waals surface area contributed by atoms with Crippen LogP contribution in [0.4, 0.5) is 0 Å². The average molecular weight is 383 g/mol. The molecule has 3 heterocycles. The van der Waals surface area contributed by atoms with E-state index in [1.807, 2.05) is 6.07 Å². The highest BCUT2D eigenvalue weighted by Crippen LogP contribution is 2.50. The molecule has 0 aromatic heterocycles. The summed E-state index contributed by atoms with van der Waals surface area (Å²) in [4.78, 5) is 26.4. The summed E-state index contributed by atoms with van der Waals surface area (Å²) in [6, 6.07) is 8.88. The van der Waals surface area contributed by atoms with Gasteiger partial charge in [-0.2, -0.15) is 0 Å². The van der Waals surface area contributed by atoms with Crippen molar-refractivity contribution >= 4 is 11.9 Å². The van der Waals surface area contributed by atoms with Crippen molar-refractivity contribution in [1.29, 1.82) is 0 Å². The number of esters is 1. The number of carbonyl (C=O) groups is 2. The standard InChI is InChI=1S/C20H17NO7/c1-24-15-7-11-5-6-21-18(22)19(23)28-20(21,13(11)9-16(15)25-2)12-3-4-14-17(8-12)27-10-26-14/h3-4,7-9H,5-6,10H2,1-2H3. The molecule has 5 rings (SSSR count). The summed E-state index contributed by atoms with van der Waals surface area (Å²) in [7, 11) is 3.09. The molecule has 1 atom stereocenters. The van der Waals surface area contributed by atoms with Gasteiger partial charge in [-0.1, -0.05) is 0 Å². The van der Waals surface area contributed by atoms with Crippen molar-refractivity contribution in [2.75, 3.05) is 27.6 Å². The van der Waals surface area contributed by atoms with Crippen LogP contribution in [-0.2, 0) is 26.5 Å². The van der Waals surface area contributed by atoms with Gasteiger partial charge < -0.3 is 23.7 Å². The van der Waals surface area contributed by atoms with E-state index >= 15 is 0 Å². The van der Waals surface area contributed by atoms with Crippen molar-refractivity contribution in [3.8, 4) is 23.0 Å². The van der Waals surface area contributed by atoms with Gasteiger partial charge in [0, 0.05) is 17.7 Å². The van der Waals surface area contributed by atoms with Gasteiger partial charge in [-0.15, -0.1) is 0 Å². The zero-order chi connectivity index (χ0) is 19.5. The number of hydrogen-bond acceptors (Lipinski definition) is 7. The number of nitrogens with zero attached hydrogens (tertiary/aromatic N) is 1. The normalized spacial score (nSPS) is 21.9. The van der Waals surface area contributed by atoms with E-state index in [9.17, 15) is 9.59 Å². The molecule has 8 nitrogen and oxygen atoms in total. The summed E-state index contributed by atoms with van der Waals surface area (Å²) in [6.45, 7) is 0.456. The summed E-state index contributed by atoms with van der Waals surface area (Å²) in [5, 5.41) is 0. The lowest BCUT2D eigenvalue weighted by molar-refractivity contribution is -0.152. The first kappa shape index (κ1) is 16.7. The van der Waals surface area contributed by atoms with Crippen LogP contribution in [0.5, 0.6) is 23.0 Å². The van der Waals surface area contributed by atoms with E-state index in [4.69, 9.17) is 23.7 Å². The molecule has 1 unspecified atom stereocenters. The quantitative estimate of drug-likeness (QED) is 0.588. The summed E-state index contributed by atoms with van der Waals surface area (Å²) < 4.78 is 27.5. The van der Waals surface area contributed by atoms with E-state index in [0.29, 0.717) is 47.1 Å². The molecule has 28 heavy (non-hydrogen) atoms. The molecule has 2 aromatic rings. The van der Waals surface area contributed by atoms with Crippen LogP contribution >= 0.6 is 0 Å². The highest BCUT2D eigenvalue weighted by Gasteiger charge is 2.58. The Morgan fingerprint density at radius 1 is 1.00 bits per heavy atom. The summed E-state index contributed by atoms with van der Waals surface area (Å²) >= 11 is 0. The van der Waals surface area contributed by atoms with E-state index in [1.54, 1.807) is 31.4 Å². The number of hydrogen-bond donors (Lipinski definition) is 0. The molecule has 1 fully saturated rings. The maximum Gasteiger partial charge on any atom is 0.399 e. The first-order chi connectivity index (χ1) is 13.6. The number of methoxy groups -OCH3 is 2. The highest BCUT2D eigenvalue weighted by atomic mass is 16.7. The minimum atomic E-state index is -1.39. The molecule has 8 heteroatoms. The molecular formula is C20H17NO7. The maximum absolute atomic E-state index is 12.6. The van der Waals surface area contributed by atoms with Crippen LogP contribution in [-0.4, -0.2) is 44.3 Å². The third kappa shape index (κ3) is 2.05. The third-order valence-electron chi connectivity index (χ3n) is 5.38. The van der Waals surface area contributed by atoms with Crippen molar-refractivity contribution in [1.82, 2.24) is 4.90 Å². The summed E-state index contributed by atoms with van der Waals surface area (Å²) in [6.07, 6.45) is 0.560. The van der Waals surface area contributed by atoms with Crippen molar-refractivity contribution in [2.45, 2.75) is 12.1 Å². The van der Waals surface area contributed by atoms with Gasteiger partial charge in [0.1, 0.15) is 0 Å². The second-order valence-corrected chi connectivity index (χ2v) is 6.67. The van der Waals surface area contributed by atoms with Gasteiger partial charge in [-0.3, -0.25) is 9.69 Å². The van der Waals surface area contributed by atoms with Gasteiger partial charge in [0.05, 0.1) is 14.2 Å². The van der Waals surface area contributed by atoms with Gasteiger partial charge in [0.2, 0.25) is 12.5 Å². The van der Waals surface area contributed by atoms with Crippen molar-refractivity contribution in [3.05, 3.63) is 47.0 Å². The van der Waals surface area contributed by atoms with Crippen LogP contribution in [0.25, 0.3) is 0 Å². The minimum Gasteiger partial charge on any atom is -0.493 e. The fourth-order valence-electron chi connectivity index (χ4n) is 4.10. The lowest BCUT2D eigenvalue weighted by atomic mass is 9.84. The second kappa shape index (κ2) is 5.79. The summed E-state index contributed by atoms with van der Waals surface area (Å²) in [5.41, 5.74) is 0.787. The molecule has 3 aliphatic rings. The van der Waals surface area contributed by atoms with Crippen LogP contribution in [0.2, 0.25) is 0 Å². The third-order valence-corrected chi connectivity index (χ3v) is 5.38. The maximum atomic E-state index is 12.6. The zero-order valence-corrected chi connectivity index (χ0v) is 15.3. The molecule has 1 saturated heterocycles. The van der Waals surface area contributed by atoms with E-state index in [1.165, 1.54) is 12.0 Å². The van der Waals surface area contributed by atoms with Crippen molar-refractivity contribution in [2.24, 2.45) is 0 Å². The van der Waals surface area contributed by atoms with Crippen molar-refractivity contribution in [3.63, 3.8) is 0 Å². The molecule has 0 bridgehead atoms. The number of rotatable bonds is 3. The highest BCUT2D eigenvalue weighted by molar-refractivity contribution is 6.34. The van der Waals surface area contributed by atoms with E-state index in [-0.39, 0.29) is 6.79 Å². The molecule has 0 saturated carbocycles. The predicted octanol–water partition coefficient (Wildman–Crippen LogP) is 1.58. The lowest BCUT2D eigenvalue weighted by Gasteiger charge is -2.41. The minimum absolute atomic E-state index is 0.121. The number of fused-ring (bicyclic) bond motifs is 4. The first-order valence-electron chi connectivity index (χ1n) is 8.79. The predicted molar refractivity (Wildman–Crippen MR) is 94.4 cm³/mol. The fraction of sp³-hybridized carbons (Fsp3) is 0.300. The van der Waals surface area contributed by atoms with Crippen LogP contribution in [0.3, 0.4) is 0 Å². The molecule has 0 spiro atoms. The molecule has 1 amide bonds. The van der Waals surface area contributed by atoms with E-state index < -0.39 is 17.6 Å². The fourth-order valence-corrected chi connectivity index (χ4v) is 4.10. The molecule has 0 radical (unpaired) electrons. The van der Waals surface area contributed by atoms with Gasteiger partial charge >= 0.3 is 11.9 Å². The Bertz CT molecular complexity index is 1020. The molecule has 0 N–H and O–H groups in total. The lowest BCUT2D eigenvalue weighted by Crippen LogP contribution is -2.49. The Morgan fingerprint density at radius 2 is 1.75 bits per heavy atom. The monoisotopic (exact) mass is 383 g/mol. The van der Waals surface area contributed by atoms with Crippen LogP contribution in [0.1, 0.15) is 16.7 Å². The Hall–Kier alpha value is -3.42. The molecule has 2 aromatic carbocycles. The van der Waals surface area contributed by atoms with Gasteiger partial charge in [-0.25, -0.2) is 4.79 Å². The second-order valence-electron chi connectivity index (χ2n) is 6.67. The van der Waals surface area contributed by atoms with Gasteiger partial charge in [0.15, 0.2) is 23.0 Å². The zero-order valence-electron chi connectivity index (χ0n) is 15.3. The SMILES string of the molecule is COc1cc2c(cc1OC)C1(c3ccc4c(c3)OCO4)OC(=O)C(=O)N1CC2. The van der Waals surface area contributed by atoms with E-state index in [0.717, 1.165) is 5.56 Å². The first-order valence-corrected chi connectivity index (χ1v) is 8.79. The topological polar surface area (TPSA) is 83.5 Å². The number of benzene rings is 2. The largest absolute Gasteiger partial charge is 0.493 e. The average Bonchev–Trinajstić information content (AvgIpc) is 3.29. The van der Waals surface area contributed by atoms with E-state index in [2.05, 4.69) is 0 Å². The number of carbonyl (C=O) groups excluding carboxylic acids is 2. The molecule has 144 valence electrons. The van der Waals surface area contributed by atoms with Crippen LogP contribution in [0, 0.1) is 0 Å². The van der Waals surface area contributed by atoms with Crippen LogP contribution < -0.4 is 18.9 Å². The molecule has 0 aliphatic carbocycles. The molecular weight excluding hydrogens is 366 g/mol. The Balaban J connectivity index is 1.78. The number of amides is 1. The van der Waals surface area contributed by atoms with Crippen LogP contribution in [0.15, 0.2) is 30.3 Å². The Morgan fingerprint density at radius 3 is 2.54 bits per heavy atom. The Kier molecular flexibility index (Phi) is 3.46. The van der Waals surface area contributed by atoms with Crippen molar-refractivity contribution < 1.29 is 33.3 Å². The summed E-state index contributed by atoms with van der Waals surface area (Å²) in [5.74, 6) is 0.642. The number of ether oxygens (including phenoxy) is 5. The Labute approximate surface area is 160 Å². The van der Waals surface area contributed by atoms with Gasteiger partial charge in [-0.05, 0) is 42.3 Å². The van der Waals surface area contributed by atoms with Gasteiger partial charge in [0.25, 0.3) is 0 Å².